The van der Waals surface area contributed by atoms with Crippen molar-refractivity contribution >= 4 is 17.7 Å². The third-order valence-electron chi connectivity index (χ3n) is 2.30. The summed E-state index contributed by atoms with van der Waals surface area (Å²) in [4.78, 5) is 24.0. The van der Waals surface area contributed by atoms with Crippen LogP contribution in [0.2, 0.25) is 0 Å². The van der Waals surface area contributed by atoms with E-state index in [1.165, 1.54) is 0 Å². The Kier molecular flexibility index (Phi) is 6.31. The minimum absolute atomic E-state index is 0.317. The molecule has 0 heterocycles. The average Bonchev–Trinajstić information content (AvgIpc) is 2.36. The summed E-state index contributed by atoms with van der Waals surface area (Å²) in [6, 6.07) is 6.24. The number of benzene rings is 1. The van der Waals surface area contributed by atoms with Crippen LogP contribution < -0.4 is 15.4 Å². The third-order valence-corrected chi connectivity index (χ3v) is 2.30. The van der Waals surface area contributed by atoms with Crippen LogP contribution in [0.4, 0.5) is 10.5 Å². The second kappa shape index (κ2) is 8.00. The number of rotatable bonds is 7. The van der Waals surface area contributed by atoms with Gasteiger partial charge in [-0.2, -0.15) is 0 Å². The number of amides is 2. The summed E-state index contributed by atoms with van der Waals surface area (Å²) in [6.45, 7) is 0.863. The molecule has 0 aliphatic carbocycles. The van der Waals surface area contributed by atoms with Crippen molar-refractivity contribution in [1.29, 1.82) is 0 Å². The molecule has 0 saturated carbocycles. The van der Waals surface area contributed by atoms with E-state index in [1.54, 1.807) is 24.3 Å². The van der Waals surface area contributed by atoms with Gasteiger partial charge in [0.15, 0.2) is 6.61 Å². The maximum absolute atomic E-state index is 11.6. The maximum atomic E-state index is 11.6. The first kappa shape index (κ1) is 15.8. The van der Waals surface area contributed by atoms with Crippen molar-refractivity contribution in [3.05, 3.63) is 24.3 Å². The highest BCUT2D eigenvalue weighted by atomic mass is 16.5. The van der Waals surface area contributed by atoms with Gasteiger partial charge in [0.2, 0.25) is 0 Å². The number of hydrogen-bond acceptors (Lipinski definition) is 4. The van der Waals surface area contributed by atoms with Crippen LogP contribution in [0.1, 0.15) is 0 Å². The highest BCUT2D eigenvalue weighted by Crippen LogP contribution is 2.17. The molecule has 0 saturated heterocycles. The molecule has 0 fully saturated rings. The Morgan fingerprint density at radius 2 is 2.10 bits per heavy atom. The molecule has 1 rings (SSSR count). The standard InChI is InChI=1S/C13H19N3O4/c1-16(2)7-6-14-13(19)15-10-4-3-5-11(8-10)20-9-12(17)18/h3-5,8H,6-7,9H2,1-2H3,(H,17,18)(H2,14,15,19). The number of urea groups is 1. The van der Waals surface area contributed by atoms with Gasteiger partial charge in [-0.1, -0.05) is 6.07 Å². The van der Waals surface area contributed by atoms with Gasteiger partial charge in [0.1, 0.15) is 5.75 Å². The molecule has 0 aliphatic rings. The fourth-order valence-corrected chi connectivity index (χ4v) is 1.38. The summed E-state index contributed by atoms with van der Waals surface area (Å²) >= 11 is 0. The molecule has 110 valence electrons. The predicted molar refractivity (Wildman–Crippen MR) is 75.1 cm³/mol. The Morgan fingerprint density at radius 3 is 2.75 bits per heavy atom. The van der Waals surface area contributed by atoms with E-state index in [9.17, 15) is 9.59 Å². The number of nitrogens with one attached hydrogen (secondary N) is 2. The second-order valence-corrected chi connectivity index (χ2v) is 4.39. The minimum Gasteiger partial charge on any atom is -0.482 e. The third kappa shape index (κ3) is 6.60. The first-order chi connectivity index (χ1) is 9.47. The van der Waals surface area contributed by atoms with Crippen LogP contribution in [0.15, 0.2) is 24.3 Å². The van der Waals surface area contributed by atoms with Gasteiger partial charge in [-0.05, 0) is 26.2 Å². The molecule has 1 aromatic rings. The molecular weight excluding hydrogens is 262 g/mol. The molecule has 3 N–H and O–H groups in total. The first-order valence-corrected chi connectivity index (χ1v) is 6.11. The second-order valence-electron chi connectivity index (χ2n) is 4.39. The highest BCUT2D eigenvalue weighted by Gasteiger charge is 2.04. The molecule has 0 atom stereocenters. The molecule has 7 heteroatoms. The number of anilines is 1. The lowest BCUT2D eigenvalue weighted by Crippen LogP contribution is -2.34. The van der Waals surface area contributed by atoms with E-state index < -0.39 is 12.6 Å². The number of hydrogen-bond donors (Lipinski definition) is 3. The lowest BCUT2D eigenvalue weighted by Gasteiger charge is -2.11. The highest BCUT2D eigenvalue weighted by molar-refractivity contribution is 5.89. The number of carbonyl (C=O) groups is 2. The first-order valence-electron chi connectivity index (χ1n) is 6.11. The van der Waals surface area contributed by atoms with Gasteiger partial charge in [0.05, 0.1) is 0 Å². The molecule has 0 radical (unpaired) electrons. The molecular formula is C13H19N3O4. The van der Waals surface area contributed by atoms with Gasteiger partial charge < -0.3 is 25.4 Å². The van der Waals surface area contributed by atoms with Crippen LogP contribution in [0.3, 0.4) is 0 Å². The summed E-state index contributed by atoms with van der Waals surface area (Å²) in [7, 11) is 3.84. The van der Waals surface area contributed by atoms with Crippen molar-refractivity contribution in [3.63, 3.8) is 0 Å². The number of carboxylic acid groups (broad SMARTS) is 1. The number of carbonyl (C=O) groups excluding carboxylic acids is 1. The number of likely N-dealkylation sites (N-methyl/N-ethyl adjacent to an activating group) is 1. The van der Waals surface area contributed by atoms with Gasteiger partial charge in [0.25, 0.3) is 0 Å². The van der Waals surface area contributed by atoms with E-state index in [1.807, 2.05) is 19.0 Å². The monoisotopic (exact) mass is 281 g/mol. The molecule has 2 amide bonds. The van der Waals surface area contributed by atoms with E-state index in [4.69, 9.17) is 9.84 Å². The van der Waals surface area contributed by atoms with E-state index in [-0.39, 0.29) is 6.03 Å². The quantitative estimate of drug-likeness (QED) is 0.688. The summed E-state index contributed by atoms with van der Waals surface area (Å²) in [5.41, 5.74) is 0.537. The molecule has 0 aromatic heterocycles. The molecule has 0 spiro atoms. The van der Waals surface area contributed by atoms with Crippen LogP contribution in [0, 0.1) is 0 Å². The summed E-state index contributed by atoms with van der Waals surface area (Å²) < 4.78 is 5.02. The SMILES string of the molecule is CN(C)CCNC(=O)Nc1cccc(OCC(=O)O)c1. The smallest absolute Gasteiger partial charge is 0.341 e. The molecule has 20 heavy (non-hydrogen) atoms. The Morgan fingerprint density at radius 1 is 1.35 bits per heavy atom. The number of nitrogens with zero attached hydrogens (tertiary/aromatic N) is 1. The van der Waals surface area contributed by atoms with Crippen LogP contribution in [0.25, 0.3) is 0 Å². The molecule has 0 bridgehead atoms. The van der Waals surface area contributed by atoms with Gasteiger partial charge >= 0.3 is 12.0 Å². The molecule has 0 aliphatic heterocycles. The van der Waals surface area contributed by atoms with Crippen molar-refractivity contribution in [2.45, 2.75) is 0 Å². The lowest BCUT2D eigenvalue weighted by atomic mass is 10.3. The minimum atomic E-state index is -1.05. The Bertz CT molecular complexity index is 463. The summed E-state index contributed by atoms with van der Waals surface area (Å²) in [5.74, 6) is -0.664. The van der Waals surface area contributed by atoms with E-state index in [0.717, 1.165) is 6.54 Å². The topological polar surface area (TPSA) is 90.9 Å². The number of ether oxygens (including phenoxy) is 1. The van der Waals surface area contributed by atoms with Gasteiger partial charge in [-0.15, -0.1) is 0 Å². The summed E-state index contributed by atoms with van der Waals surface area (Å²) in [6.07, 6.45) is 0. The number of carboxylic acids is 1. The van der Waals surface area contributed by atoms with Crippen LogP contribution in [0.5, 0.6) is 5.75 Å². The zero-order valence-electron chi connectivity index (χ0n) is 11.5. The van der Waals surface area contributed by atoms with Gasteiger partial charge in [-0.3, -0.25) is 0 Å². The molecule has 0 unspecified atom stereocenters. The molecule has 7 nitrogen and oxygen atoms in total. The molecule has 1 aromatic carbocycles. The van der Waals surface area contributed by atoms with Crippen molar-refractivity contribution in [2.75, 3.05) is 39.1 Å². The zero-order chi connectivity index (χ0) is 15.0. The largest absolute Gasteiger partial charge is 0.482 e. The summed E-state index contributed by atoms with van der Waals surface area (Å²) in [5, 5.41) is 13.9. The van der Waals surface area contributed by atoms with Gasteiger partial charge in [-0.25, -0.2) is 9.59 Å². The lowest BCUT2D eigenvalue weighted by molar-refractivity contribution is -0.139. The van der Waals surface area contributed by atoms with Crippen LogP contribution in [-0.2, 0) is 4.79 Å². The maximum Gasteiger partial charge on any atom is 0.341 e. The normalized spacial score (nSPS) is 10.2. The fourth-order valence-electron chi connectivity index (χ4n) is 1.38. The van der Waals surface area contributed by atoms with Crippen LogP contribution in [-0.4, -0.2) is 55.8 Å². The predicted octanol–water partition coefficient (Wildman–Crippen LogP) is 0.833. The zero-order valence-corrected chi connectivity index (χ0v) is 11.5. The van der Waals surface area contributed by atoms with Crippen molar-refractivity contribution in [1.82, 2.24) is 10.2 Å². The Labute approximate surface area is 117 Å². The van der Waals surface area contributed by atoms with E-state index in [0.29, 0.717) is 18.0 Å². The van der Waals surface area contributed by atoms with E-state index >= 15 is 0 Å². The van der Waals surface area contributed by atoms with Gasteiger partial charge in [0, 0.05) is 24.8 Å². The van der Waals surface area contributed by atoms with Crippen molar-refractivity contribution in [3.8, 4) is 5.75 Å². The Balaban J connectivity index is 2.44. The van der Waals surface area contributed by atoms with Crippen LogP contribution >= 0.6 is 0 Å². The fraction of sp³-hybridized carbons (Fsp3) is 0.385. The van der Waals surface area contributed by atoms with Crippen molar-refractivity contribution < 1.29 is 19.4 Å². The average molecular weight is 281 g/mol. The van der Waals surface area contributed by atoms with E-state index in [2.05, 4.69) is 10.6 Å². The Hall–Kier alpha value is -2.28. The number of aliphatic carboxylic acids is 1. The van der Waals surface area contributed by atoms with Crippen molar-refractivity contribution in [2.24, 2.45) is 0 Å².